The molecule has 1 aliphatic heterocycles. The predicted octanol–water partition coefficient (Wildman–Crippen LogP) is 4.42. The first kappa shape index (κ1) is 17.7. The second kappa shape index (κ2) is 7.26. The number of halogens is 4. The summed E-state index contributed by atoms with van der Waals surface area (Å²) in [5.74, 6) is -1.19. The Bertz CT molecular complexity index is 597. The summed E-state index contributed by atoms with van der Waals surface area (Å²) in [5, 5.41) is -0.498. The summed E-state index contributed by atoms with van der Waals surface area (Å²) in [7, 11) is 0. The minimum absolute atomic E-state index is 0.0187. The van der Waals surface area contributed by atoms with E-state index in [4.69, 9.17) is 52.1 Å². The van der Waals surface area contributed by atoms with Gasteiger partial charge in [-0.15, -0.1) is 0 Å². The zero-order valence-electron chi connectivity index (χ0n) is 11.6. The average Bonchev–Trinajstić information content (AvgIpc) is 2.74. The van der Waals surface area contributed by atoms with E-state index in [-0.39, 0.29) is 37.1 Å². The fourth-order valence-corrected chi connectivity index (χ4v) is 3.67. The van der Waals surface area contributed by atoms with Gasteiger partial charge in [-0.3, -0.25) is 9.59 Å². The molecule has 0 aliphatic carbocycles. The van der Waals surface area contributed by atoms with E-state index in [1.807, 2.05) is 0 Å². The Kier molecular flexibility index (Phi) is 5.83. The zero-order chi connectivity index (χ0) is 16.4. The number of likely N-dealkylation sites (tertiary alicyclic amines) is 1. The first-order valence-corrected chi connectivity index (χ1v) is 8.32. The summed E-state index contributed by atoms with van der Waals surface area (Å²) in [6.45, 7) is 1.25. The van der Waals surface area contributed by atoms with Crippen LogP contribution in [-0.4, -0.2) is 29.8 Å². The van der Waals surface area contributed by atoms with Crippen LogP contribution in [0.1, 0.15) is 46.4 Å². The number of hydrogen-bond acceptors (Lipinski definition) is 2. The SMILES string of the molecule is NC(=O)c1c(Cl)c(Cl)c(C(=O)N2CCCCCC2)c(Cl)c1Cl. The molecule has 1 aromatic rings. The van der Waals surface area contributed by atoms with Gasteiger partial charge in [0.15, 0.2) is 0 Å². The molecule has 8 heteroatoms. The van der Waals surface area contributed by atoms with Gasteiger partial charge in [0.2, 0.25) is 0 Å². The first-order chi connectivity index (χ1) is 10.4. The van der Waals surface area contributed by atoms with Crippen molar-refractivity contribution in [1.29, 1.82) is 0 Å². The van der Waals surface area contributed by atoms with Crippen LogP contribution in [0.25, 0.3) is 0 Å². The molecule has 0 saturated carbocycles. The van der Waals surface area contributed by atoms with Crippen molar-refractivity contribution >= 4 is 58.2 Å². The monoisotopic (exact) mass is 382 g/mol. The molecule has 1 saturated heterocycles. The molecular formula is C14H14Cl4N2O2. The zero-order valence-corrected chi connectivity index (χ0v) is 14.6. The quantitative estimate of drug-likeness (QED) is 0.768. The molecule has 0 atom stereocenters. The van der Waals surface area contributed by atoms with Crippen molar-refractivity contribution in [3.05, 3.63) is 31.2 Å². The molecule has 1 aliphatic rings. The van der Waals surface area contributed by atoms with E-state index in [1.165, 1.54) is 0 Å². The van der Waals surface area contributed by atoms with Crippen LogP contribution in [-0.2, 0) is 0 Å². The summed E-state index contributed by atoms with van der Waals surface area (Å²) in [4.78, 5) is 25.8. The van der Waals surface area contributed by atoms with Crippen LogP contribution >= 0.6 is 46.4 Å². The van der Waals surface area contributed by atoms with Crippen molar-refractivity contribution in [2.75, 3.05) is 13.1 Å². The van der Waals surface area contributed by atoms with Crippen molar-refractivity contribution in [3.63, 3.8) is 0 Å². The lowest BCUT2D eigenvalue weighted by molar-refractivity contribution is 0.0761. The molecule has 120 valence electrons. The number of hydrogen-bond donors (Lipinski definition) is 1. The molecule has 0 spiro atoms. The van der Waals surface area contributed by atoms with Crippen LogP contribution in [0, 0.1) is 0 Å². The van der Waals surface area contributed by atoms with E-state index in [1.54, 1.807) is 4.90 Å². The Morgan fingerprint density at radius 2 is 1.18 bits per heavy atom. The van der Waals surface area contributed by atoms with Crippen LogP contribution in [0.15, 0.2) is 0 Å². The van der Waals surface area contributed by atoms with Crippen LogP contribution in [0.3, 0.4) is 0 Å². The van der Waals surface area contributed by atoms with Gasteiger partial charge in [0.25, 0.3) is 11.8 Å². The maximum Gasteiger partial charge on any atom is 0.256 e. The molecule has 4 nitrogen and oxygen atoms in total. The fourth-order valence-electron chi connectivity index (χ4n) is 2.47. The van der Waals surface area contributed by atoms with Crippen molar-refractivity contribution in [2.45, 2.75) is 25.7 Å². The number of carbonyl (C=O) groups excluding carboxylic acids is 2. The van der Waals surface area contributed by atoms with E-state index >= 15 is 0 Å². The molecule has 1 aromatic carbocycles. The number of amides is 2. The van der Waals surface area contributed by atoms with E-state index < -0.39 is 5.91 Å². The highest BCUT2D eigenvalue weighted by atomic mass is 35.5. The summed E-state index contributed by atoms with van der Waals surface area (Å²) in [5.41, 5.74) is 5.07. The highest BCUT2D eigenvalue weighted by Crippen LogP contribution is 2.41. The van der Waals surface area contributed by atoms with Crippen molar-refractivity contribution in [1.82, 2.24) is 4.90 Å². The third-order valence-electron chi connectivity index (χ3n) is 3.62. The molecule has 0 unspecified atom stereocenters. The van der Waals surface area contributed by atoms with Crippen LogP contribution < -0.4 is 5.73 Å². The normalized spacial score (nSPS) is 15.5. The third-order valence-corrected chi connectivity index (χ3v) is 5.32. The summed E-state index contributed by atoms with van der Waals surface area (Å²) in [6.07, 6.45) is 3.99. The Morgan fingerprint density at radius 3 is 1.59 bits per heavy atom. The second-order valence-electron chi connectivity index (χ2n) is 5.08. The van der Waals surface area contributed by atoms with Gasteiger partial charge in [-0.1, -0.05) is 59.2 Å². The smallest absolute Gasteiger partial charge is 0.256 e. The van der Waals surface area contributed by atoms with Crippen molar-refractivity contribution < 1.29 is 9.59 Å². The lowest BCUT2D eigenvalue weighted by Crippen LogP contribution is -2.32. The number of benzene rings is 1. The van der Waals surface area contributed by atoms with Crippen LogP contribution in [0.4, 0.5) is 0 Å². The number of primary amides is 1. The molecule has 1 heterocycles. The first-order valence-electron chi connectivity index (χ1n) is 6.81. The molecule has 2 N–H and O–H groups in total. The predicted molar refractivity (Wildman–Crippen MR) is 89.4 cm³/mol. The Balaban J connectivity index is 2.51. The molecule has 0 aromatic heterocycles. The Labute approximate surface area is 148 Å². The van der Waals surface area contributed by atoms with Gasteiger partial charge in [0.1, 0.15) is 0 Å². The summed E-state index contributed by atoms with van der Waals surface area (Å²) in [6, 6.07) is 0. The third kappa shape index (κ3) is 3.30. The summed E-state index contributed by atoms with van der Waals surface area (Å²) < 4.78 is 0. The average molecular weight is 384 g/mol. The van der Waals surface area contributed by atoms with Gasteiger partial charge >= 0.3 is 0 Å². The van der Waals surface area contributed by atoms with E-state index in [0.29, 0.717) is 13.1 Å². The van der Waals surface area contributed by atoms with Crippen LogP contribution in [0.5, 0.6) is 0 Å². The molecule has 0 bridgehead atoms. The number of rotatable bonds is 2. The largest absolute Gasteiger partial charge is 0.366 e. The molecule has 1 fully saturated rings. The minimum atomic E-state index is -0.854. The van der Waals surface area contributed by atoms with Crippen molar-refractivity contribution in [3.8, 4) is 0 Å². The molecule has 0 radical (unpaired) electrons. The van der Waals surface area contributed by atoms with E-state index in [2.05, 4.69) is 0 Å². The van der Waals surface area contributed by atoms with E-state index in [0.717, 1.165) is 25.7 Å². The standard InChI is InChI=1S/C14H14Cl4N2O2/c15-9-7(13(19)21)10(16)12(18)8(11(9)17)14(22)20-5-3-1-2-4-6-20/h1-6H2,(H2,19,21). The van der Waals surface area contributed by atoms with E-state index in [9.17, 15) is 9.59 Å². The maximum atomic E-state index is 12.7. The number of carbonyl (C=O) groups is 2. The van der Waals surface area contributed by atoms with Gasteiger partial charge in [-0.25, -0.2) is 0 Å². The molecular weight excluding hydrogens is 370 g/mol. The van der Waals surface area contributed by atoms with Crippen molar-refractivity contribution in [2.24, 2.45) is 5.73 Å². The molecule has 22 heavy (non-hydrogen) atoms. The van der Waals surface area contributed by atoms with Gasteiger partial charge in [-0.2, -0.15) is 0 Å². The van der Waals surface area contributed by atoms with Gasteiger partial charge in [0.05, 0.1) is 31.2 Å². The maximum absolute atomic E-state index is 12.7. The minimum Gasteiger partial charge on any atom is -0.366 e. The van der Waals surface area contributed by atoms with Crippen LogP contribution in [0.2, 0.25) is 20.1 Å². The highest BCUT2D eigenvalue weighted by Gasteiger charge is 2.29. The topological polar surface area (TPSA) is 63.4 Å². The van der Waals surface area contributed by atoms with Gasteiger partial charge < -0.3 is 10.6 Å². The number of nitrogens with two attached hydrogens (primary N) is 1. The lowest BCUT2D eigenvalue weighted by Gasteiger charge is -2.22. The fraction of sp³-hybridized carbons (Fsp3) is 0.429. The lowest BCUT2D eigenvalue weighted by atomic mass is 10.1. The molecule has 2 rings (SSSR count). The Morgan fingerprint density at radius 1 is 0.773 bits per heavy atom. The molecule has 2 amide bonds. The summed E-state index contributed by atoms with van der Waals surface area (Å²) >= 11 is 24.4. The van der Waals surface area contributed by atoms with Gasteiger partial charge in [0, 0.05) is 13.1 Å². The second-order valence-corrected chi connectivity index (χ2v) is 6.59. The highest BCUT2D eigenvalue weighted by molar-refractivity contribution is 6.52. The number of nitrogens with zero attached hydrogens (tertiary/aromatic N) is 1. The van der Waals surface area contributed by atoms with Gasteiger partial charge in [-0.05, 0) is 12.8 Å². The Hall–Kier alpha value is -0.680.